The molecular formula is C16H14N2O5. The van der Waals surface area contributed by atoms with Gasteiger partial charge in [-0.25, -0.2) is 4.90 Å². The van der Waals surface area contributed by atoms with E-state index in [1.54, 1.807) is 19.9 Å². The van der Waals surface area contributed by atoms with Crippen molar-refractivity contribution in [2.24, 2.45) is 11.8 Å². The van der Waals surface area contributed by atoms with E-state index in [1.165, 1.54) is 18.2 Å². The zero-order valence-corrected chi connectivity index (χ0v) is 12.6. The first kappa shape index (κ1) is 14.1. The van der Waals surface area contributed by atoms with E-state index in [1.807, 2.05) is 12.2 Å². The molecule has 2 bridgehead atoms. The van der Waals surface area contributed by atoms with Gasteiger partial charge in [0.25, 0.3) is 5.69 Å². The summed E-state index contributed by atoms with van der Waals surface area (Å²) in [7, 11) is 0. The van der Waals surface area contributed by atoms with Crippen molar-refractivity contribution in [2.45, 2.75) is 25.0 Å². The van der Waals surface area contributed by atoms with Crippen LogP contribution in [0.4, 0.5) is 11.4 Å². The normalized spacial score (nSPS) is 37.6. The predicted molar refractivity (Wildman–Crippen MR) is 79.6 cm³/mol. The van der Waals surface area contributed by atoms with Crippen LogP contribution in [0.25, 0.3) is 0 Å². The molecule has 118 valence electrons. The number of rotatable bonds is 2. The number of amides is 2. The molecular weight excluding hydrogens is 300 g/mol. The third kappa shape index (κ3) is 1.57. The van der Waals surface area contributed by atoms with Crippen LogP contribution < -0.4 is 4.90 Å². The van der Waals surface area contributed by atoms with E-state index in [4.69, 9.17) is 4.74 Å². The van der Waals surface area contributed by atoms with E-state index in [-0.39, 0.29) is 11.4 Å². The summed E-state index contributed by atoms with van der Waals surface area (Å²) in [5.41, 5.74) is -1.92. The number of hydrogen-bond donors (Lipinski definition) is 0. The quantitative estimate of drug-likeness (QED) is 0.359. The van der Waals surface area contributed by atoms with Crippen LogP contribution in [0.1, 0.15) is 13.8 Å². The molecule has 0 aliphatic carbocycles. The number of hydrogen-bond acceptors (Lipinski definition) is 5. The van der Waals surface area contributed by atoms with Gasteiger partial charge in [0.1, 0.15) is 5.69 Å². The maximum Gasteiger partial charge on any atom is 0.293 e. The monoisotopic (exact) mass is 314 g/mol. The van der Waals surface area contributed by atoms with Crippen molar-refractivity contribution >= 4 is 23.2 Å². The summed E-state index contributed by atoms with van der Waals surface area (Å²) in [5.74, 6) is -2.18. The van der Waals surface area contributed by atoms with Gasteiger partial charge in [0.2, 0.25) is 11.8 Å². The van der Waals surface area contributed by atoms with Crippen molar-refractivity contribution in [3.05, 3.63) is 46.5 Å². The highest BCUT2D eigenvalue weighted by Crippen LogP contribution is 2.57. The van der Waals surface area contributed by atoms with E-state index in [2.05, 4.69) is 0 Å². The topological polar surface area (TPSA) is 89.8 Å². The second-order valence-electron chi connectivity index (χ2n) is 6.52. The molecule has 1 aromatic rings. The van der Waals surface area contributed by atoms with Gasteiger partial charge in [0, 0.05) is 6.07 Å². The Kier molecular flexibility index (Phi) is 2.48. The van der Waals surface area contributed by atoms with Gasteiger partial charge in [0.15, 0.2) is 0 Å². The number of anilines is 1. The van der Waals surface area contributed by atoms with Gasteiger partial charge in [-0.1, -0.05) is 24.3 Å². The third-order valence-electron chi connectivity index (χ3n) is 5.05. The first-order chi connectivity index (χ1) is 10.8. The van der Waals surface area contributed by atoms with Crippen LogP contribution in [0.2, 0.25) is 0 Å². The van der Waals surface area contributed by atoms with Crippen LogP contribution in [0.15, 0.2) is 36.4 Å². The van der Waals surface area contributed by atoms with Crippen LogP contribution in [-0.2, 0) is 14.3 Å². The van der Waals surface area contributed by atoms with E-state index in [0.29, 0.717) is 0 Å². The summed E-state index contributed by atoms with van der Waals surface area (Å²) >= 11 is 0. The number of imide groups is 1. The molecule has 0 radical (unpaired) electrons. The second kappa shape index (κ2) is 4.05. The summed E-state index contributed by atoms with van der Waals surface area (Å²) in [5, 5.41) is 11.2. The standard InChI is InChI=1S/C16H14N2O5/c1-15-7-8-16(2,23-15)12-11(15)13(19)17(14(12)20)9-5-3-4-6-10(9)18(21)22/h3-8,11-12H,1-2H3/t11-,12-,15-,16-/m1/s1. The van der Waals surface area contributed by atoms with Gasteiger partial charge in [-0.05, 0) is 19.9 Å². The highest BCUT2D eigenvalue weighted by molar-refractivity contribution is 6.24. The maximum absolute atomic E-state index is 12.9. The molecule has 23 heavy (non-hydrogen) atoms. The van der Waals surface area contributed by atoms with Gasteiger partial charge in [0.05, 0.1) is 28.0 Å². The number of nitrogens with zero attached hydrogens (tertiary/aromatic N) is 2. The van der Waals surface area contributed by atoms with E-state index in [9.17, 15) is 19.7 Å². The minimum atomic E-state index is -0.843. The Morgan fingerprint density at radius 2 is 1.61 bits per heavy atom. The van der Waals surface area contributed by atoms with Crippen LogP contribution in [0.5, 0.6) is 0 Å². The van der Waals surface area contributed by atoms with Gasteiger partial charge in [-0.2, -0.15) is 0 Å². The lowest BCUT2D eigenvalue weighted by molar-refractivity contribution is -0.384. The Labute approximate surface area is 131 Å². The Bertz CT molecular complexity index is 767. The maximum atomic E-state index is 12.9. The summed E-state index contributed by atoms with van der Waals surface area (Å²) in [6, 6.07) is 5.79. The van der Waals surface area contributed by atoms with Crippen molar-refractivity contribution in [3.63, 3.8) is 0 Å². The lowest BCUT2D eigenvalue weighted by atomic mass is 9.73. The van der Waals surface area contributed by atoms with Crippen LogP contribution in [0.3, 0.4) is 0 Å². The smallest absolute Gasteiger partial charge is 0.293 e. The molecule has 0 unspecified atom stereocenters. The van der Waals surface area contributed by atoms with Gasteiger partial charge in [-0.15, -0.1) is 0 Å². The van der Waals surface area contributed by atoms with Crippen molar-refractivity contribution in [1.29, 1.82) is 0 Å². The molecule has 0 aromatic heterocycles. The molecule has 7 nitrogen and oxygen atoms in total. The van der Waals surface area contributed by atoms with Crippen molar-refractivity contribution in [3.8, 4) is 0 Å². The van der Waals surface area contributed by atoms with Crippen molar-refractivity contribution < 1.29 is 19.2 Å². The van der Waals surface area contributed by atoms with Gasteiger partial charge >= 0.3 is 0 Å². The molecule has 4 atom stereocenters. The molecule has 7 heteroatoms. The number of benzene rings is 1. The van der Waals surface area contributed by atoms with Crippen LogP contribution in [-0.4, -0.2) is 27.9 Å². The molecule has 2 amide bonds. The molecule has 2 saturated heterocycles. The van der Waals surface area contributed by atoms with E-state index < -0.39 is 39.8 Å². The number of nitro benzene ring substituents is 1. The van der Waals surface area contributed by atoms with Crippen LogP contribution >= 0.6 is 0 Å². The molecule has 0 saturated carbocycles. The Balaban J connectivity index is 1.85. The molecule has 3 aliphatic rings. The number of carbonyl (C=O) groups is 2. The Morgan fingerprint density at radius 1 is 1.09 bits per heavy atom. The zero-order valence-electron chi connectivity index (χ0n) is 12.6. The Morgan fingerprint density at radius 3 is 2.13 bits per heavy atom. The first-order valence-corrected chi connectivity index (χ1v) is 7.30. The summed E-state index contributed by atoms with van der Waals surface area (Å²) in [6.45, 7) is 3.54. The number of fused-ring (bicyclic) bond motifs is 5. The number of ether oxygens (including phenoxy) is 1. The molecule has 3 heterocycles. The van der Waals surface area contributed by atoms with Gasteiger partial charge in [-0.3, -0.25) is 19.7 Å². The minimum absolute atomic E-state index is 0.0218. The second-order valence-corrected chi connectivity index (χ2v) is 6.52. The molecule has 2 fully saturated rings. The summed E-state index contributed by atoms with van der Waals surface area (Å²) in [4.78, 5) is 37.4. The molecule has 4 rings (SSSR count). The summed E-state index contributed by atoms with van der Waals surface area (Å²) < 4.78 is 5.90. The van der Waals surface area contributed by atoms with Crippen LogP contribution in [0, 0.1) is 22.0 Å². The predicted octanol–water partition coefficient (Wildman–Crippen LogP) is 1.82. The molecule has 0 N–H and O–H groups in total. The third-order valence-corrected chi connectivity index (χ3v) is 5.05. The van der Waals surface area contributed by atoms with E-state index >= 15 is 0 Å². The fourth-order valence-electron chi connectivity index (χ4n) is 4.08. The fourth-order valence-corrected chi connectivity index (χ4v) is 4.08. The lowest BCUT2D eigenvalue weighted by Crippen LogP contribution is -2.39. The Hall–Kier alpha value is -2.54. The SMILES string of the molecule is C[C@]12C=C[C@@](C)(O1)[C@H]1C(=O)N(c3ccccc3[N+](=O)[O-])C(=O)[C@@H]12. The first-order valence-electron chi connectivity index (χ1n) is 7.30. The zero-order chi connectivity index (χ0) is 16.6. The van der Waals surface area contributed by atoms with E-state index in [0.717, 1.165) is 4.90 Å². The average Bonchev–Trinajstić information content (AvgIpc) is 3.04. The molecule has 0 spiro atoms. The van der Waals surface area contributed by atoms with Crippen molar-refractivity contribution in [2.75, 3.05) is 4.90 Å². The lowest BCUT2D eigenvalue weighted by Gasteiger charge is -2.25. The summed E-state index contributed by atoms with van der Waals surface area (Å²) in [6.07, 6.45) is 3.62. The van der Waals surface area contributed by atoms with Gasteiger partial charge < -0.3 is 4.74 Å². The number of para-hydroxylation sites is 2. The number of nitro groups is 1. The number of carbonyl (C=O) groups excluding carboxylic acids is 2. The highest BCUT2D eigenvalue weighted by atomic mass is 16.6. The fraction of sp³-hybridized carbons (Fsp3) is 0.375. The molecule has 3 aliphatic heterocycles. The molecule has 1 aromatic carbocycles. The minimum Gasteiger partial charge on any atom is -0.359 e. The van der Waals surface area contributed by atoms with Crippen molar-refractivity contribution in [1.82, 2.24) is 0 Å². The average molecular weight is 314 g/mol. The highest BCUT2D eigenvalue weighted by Gasteiger charge is 2.70. The largest absolute Gasteiger partial charge is 0.359 e.